The predicted octanol–water partition coefficient (Wildman–Crippen LogP) is 2.52. The highest BCUT2D eigenvalue weighted by Gasteiger charge is 2.31. The van der Waals surface area contributed by atoms with Crippen molar-refractivity contribution >= 4 is 17.5 Å². The van der Waals surface area contributed by atoms with Crippen molar-refractivity contribution < 1.29 is 9.21 Å². The molecular weight excluding hydrogens is 408 g/mol. The Kier molecular flexibility index (Phi) is 5.85. The number of hydrogen-bond donors (Lipinski definition) is 1. The van der Waals surface area contributed by atoms with E-state index in [1.54, 1.807) is 11.1 Å². The Balaban J connectivity index is 1.51. The Morgan fingerprint density at radius 1 is 1.23 bits per heavy atom. The number of H-pyrrole nitrogens is 1. The lowest BCUT2D eigenvalue weighted by Crippen LogP contribution is -2.42. The molecule has 1 saturated heterocycles. The predicted molar refractivity (Wildman–Crippen MR) is 110 cm³/mol. The normalized spacial score (nSPS) is 16.6. The largest absolute Gasteiger partial charge is 0.443 e. The van der Waals surface area contributed by atoms with E-state index in [-0.39, 0.29) is 18.5 Å². The summed E-state index contributed by atoms with van der Waals surface area (Å²) in [6.07, 6.45) is 6.07. The van der Waals surface area contributed by atoms with Gasteiger partial charge in [-0.25, -0.2) is 9.78 Å². The number of aromatic amines is 1. The van der Waals surface area contributed by atoms with E-state index in [1.807, 2.05) is 24.3 Å². The highest BCUT2D eigenvalue weighted by Crippen LogP contribution is 2.31. The minimum atomic E-state index is -0.609. The first-order chi connectivity index (χ1) is 14.5. The zero-order valence-electron chi connectivity index (χ0n) is 16.2. The van der Waals surface area contributed by atoms with Crippen LogP contribution in [0.15, 0.2) is 56.7 Å². The Labute approximate surface area is 177 Å². The van der Waals surface area contributed by atoms with E-state index in [1.165, 1.54) is 16.8 Å². The summed E-state index contributed by atoms with van der Waals surface area (Å²) in [6, 6.07) is 8.48. The van der Waals surface area contributed by atoms with Crippen molar-refractivity contribution in [3.8, 4) is 0 Å². The maximum atomic E-state index is 12.9. The third kappa shape index (κ3) is 4.38. The van der Waals surface area contributed by atoms with Gasteiger partial charge in [-0.3, -0.25) is 19.1 Å². The number of halogens is 1. The molecule has 0 bridgehead atoms. The maximum Gasteiger partial charge on any atom is 0.328 e. The van der Waals surface area contributed by atoms with Crippen molar-refractivity contribution in [2.24, 2.45) is 0 Å². The zero-order chi connectivity index (χ0) is 21.1. The number of carbonyl (C=O) groups is 1. The van der Waals surface area contributed by atoms with Crippen LogP contribution in [0.3, 0.4) is 0 Å². The van der Waals surface area contributed by atoms with Crippen molar-refractivity contribution in [3.63, 3.8) is 0 Å². The van der Waals surface area contributed by atoms with Gasteiger partial charge in [-0.1, -0.05) is 29.8 Å². The molecule has 8 nitrogen and oxygen atoms in total. The molecule has 1 fully saturated rings. The van der Waals surface area contributed by atoms with Gasteiger partial charge in [-0.2, -0.15) is 0 Å². The molecule has 1 unspecified atom stereocenters. The van der Waals surface area contributed by atoms with Crippen LogP contribution in [0.25, 0.3) is 0 Å². The summed E-state index contributed by atoms with van der Waals surface area (Å²) in [4.78, 5) is 44.3. The van der Waals surface area contributed by atoms with Crippen molar-refractivity contribution in [2.45, 2.75) is 38.3 Å². The van der Waals surface area contributed by atoms with Crippen LogP contribution in [0, 0.1) is 0 Å². The highest BCUT2D eigenvalue weighted by atomic mass is 35.5. The second-order valence-corrected chi connectivity index (χ2v) is 7.68. The summed E-state index contributed by atoms with van der Waals surface area (Å²) in [5.74, 6) is 0.937. The quantitative estimate of drug-likeness (QED) is 0.672. The third-order valence-corrected chi connectivity index (χ3v) is 5.57. The molecular formula is C21H21ClN4O4. The highest BCUT2D eigenvalue weighted by molar-refractivity contribution is 6.31. The van der Waals surface area contributed by atoms with E-state index in [2.05, 4.69) is 9.97 Å². The second kappa shape index (κ2) is 8.71. The van der Waals surface area contributed by atoms with Crippen LogP contribution in [-0.2, 0) is 17.8 Å². The van der Waals surface area contributed by atoms with E-state index in [0.29, 0.717) is 29.6 Å². The van der Waals surface area contributed by atoms with Gasteiger partial charge in [0, 0.05) is 30.3 Å². The van der Waals surface area contributed by atoms with Gasteiger partial charge in [0.1, 0.15) is 18.3 Å². The molecule has 3 heterocycles. The Bertz CT molecular complexity index is 1170. The SMILES string of the molecule is O=C(Cn1ccc(=O)[nH]c1=O)N1CCCCC1c1ncc(Cc2ccccc2Cl)o1. The van der Waals surface area contributed by atoms with Crippen molar-refractivity contribution in [2.75, 3.05) is 6.54 Å². The molecule has 2 aromatic heterocycles. The smallest absolute Gasteiger partial charge is 0.328 e. The lowest BCUT2D eigenvalue weighted by atomic mass is 10.0. The molecule has 9 heteroatoms. The number of oxazole rings is 1. The molecule has 0 saturated carbocycles. The number of carbonyl (C=O) groups excluding carboxylic acids is 1. The average molecular weight is 429 g/mol. The van der Waals surface area contributed by atoms with E-state index < -0.39 is 11.2 Å². The fourth-order valence-electron chi connectivity index (χ4n) is 3.68. The number of benzene rings is 1. The summed E-state index contributed by atoms with van der Waals surface area (Å²) >= 11 is 6.23. The van der Waals surface area contributed by atoms with Crippen LogP contribution in [0.2, 0.25) is 5.02 Å². The number of piperidine rings is 1. The van der Waals surface area contributed by atoms with Gasteiger partial charge in [-0.05, 0) is 30.9 Å². The Morgan fingerprint density at radius 3 is 2.87 bits per heavy atom. The lowest BCUT2D eigenvalue weighted by Gasteiger charge is -2.33. The maximum absolute atomic E-state index is 12.9. The summed E-state index contributed by atoms with van der Waals surface area (Å²) in [6.45, 7) is 0.406. The van der Waals surface area contributed by atoms with Crippen LogP contribution in [0.4, 0.5) is 0 Å². The number of aromatic nitrogens is 3. The second-order valence-electron chi connectivity index (χ2n) is 7.27. The molecule has 1 amide bonds. The standard InChI is InChI=1S/C21H21ClN4O4/c22-16-6-2-1-5-14(16)11-15-12-23-20(30-15)17-7-3-4-9-26(17)19(28)13-25-10-8-18(27)24-21(25)29/h1-2,5-6,8,10,12,17H,3-4,7,9,11,13H2,(H,24,27,29). The number of nitrogens with zero attached hydrogens (tertiary/aromatic N) is 3. The van der Waals surface area contributed by atoms with Crippen LogP contribution < -0.4 is 11.2 Å². The van der Waals surface area contributed by atoms with Crippen LogP contribution >= 0.6 is 11.6 Å². The van der Waals surface area contributed by atoms with Crippen LogP contribution in [-0.4, -0.2) is 31.9 Å². The third-order valence-electron chi connectivity index (χ3n) is 5.20. The fraction of sp³-hybridized carbons (Fsp3) is 0.333. The van der Waals surface area contributed by atoms with Gasteiger partial charge in [0.25, 0.3) is 5.56 Å². The number of rotatable bonds is 5. The molecule has 0 spiro atoms. The van der Waals surface area contributed by atoms with Crippen molar-refractivity contribution in [1.82, 2.24) is 19.4 Å². The van der Waals surface area contributed by atoms with Gasteiger partial charge in [0.2, 0.25) is 11.8 Å². The van der Waals surface area contributed by atoms with Gasteiger partial charge in [-0.15, -0.1) is 0 Å². The minimum Gasteiger partial charge on any atom is -0.443 e. The Morgan fingerprint density at radius 2 is 2.07 bits per heavy atom. The summed E-state index contributed by atoms with van der Waals surface area (Å²) in [5.41, 5.74) is -0.163. The molecule has 1 aliphatic heterocycles. The molecule has 4 rings (SSSR count). The first kappa shape index (κ1) is 20.2. The zero-order valence-corrected chi connectivity index (χ0v) is 17.0. The van der Waals surface area contributed by atoms with E-state index in [4.69, 9.17) is 16.0 Å². The van der Waals surface area contributed by atoms with Gasteiger partial charge in [0.05, 0.1) is 6.20 Å². The van der Waals surface area contributed by atoms with Crippen LogP contribution in [0.5, 0.6) is 0 Å². The average Bonchev–Trinajstić information content (AvgIpc) is 3.20. The van der Waals surface area contributed by atoms with E-state index >= 15 is 0 Å². The molecule has 0 radical (unpaired) electrons. The summed E-state index contributed by atoms with van der Waals surface area (Å²) < 4.78 is 7.16. The Hall–Kier alpha value is -3.13. The molecule has 0 aliphatic carbocycles. The van der Waals surface area contributed by atoms with Gasteiger partial charge < -0.3 is 9.32 Å². The fourth-order valence-corrected chi connectivity index (χ4v) is 3.88. The molecule has 1 atom stereocenters. The first-order valence-corrected chi connectivity index (χ1v) is 10.2. The monoisotopic (exact) mass is 428 g/mol. The van der Waals surface area contributed by atoms with Gasteiger partial charge >= 0.3 is 5.69 Å². The van der Waals surface area contributed by atoms with Crippen LogP contribution in [0.1, 0.15) is 42.5 Å². The lowest BCUT2D eigenvalue weighted by molar-refractivity contribution is -0.136. The number of nitrogens with one attached hydrogen (secondary N) is 1. The summed E-state index contributed by atoms with van der Waals surface area (Å²) in [7, 11) is 0. The minimum absolute atomic E-state index is 0.153. The molecule has 156 valence electrons. The number of hydrogen-bond acceptors (Lipinski definition) is 5. The first-order valence-electron chi connectivity index (χ1n) is 9.78. The number of amides is 1. The number of likely N-dealkylation sites (tertiary alicyclic amines) is 1. The van der Waals surface area contributed by atoms with Gasteiger partial charge in [0.15, 0.2) is 0 Å². The molecule has 30 heavy (non-hydrogen) atoms. The van der Waals surface area contributed by atoms with Crippen molar-refractivity contribution in [3.05, 3.63) is 85.8 Å². The van der Waals surface area contributed by atoms with E-state index in [0.717, 1.165) is 24.8 Å². The topological polar surface area (TPSA) is 101 Å². The molecule has 1 N–H and O–H groups in total. The molecule has 1 aliphatic rings. The molecule has 1 aromatic carbocycles. The molecule has 3 aromatic rings. The summed E-state index contributed by atoms with van der Waals surface area (Å²) in [5, 5.41) is 0.663. The van der Waals surface area contributed by atoms with E-state index in [9.17, 15) is 14.4 Å². The van der Waals surface area contributed by atoms with Crippen molar-refractivity contribution in [1.29, 1.82) is 0 Å².